The molecule has 1 aliphatic rings. The van der Waals surface area contributed by atoms with Gasteiger partial charge in [-0.15, -0.1) is 0 Å². The second kappa shape index (κ2) is 7.03. The first-order valence-electron chi connectivity index (χ1n) is 7.06. The first kappa shape index (κ1) is 15.2. The number of hydrogen-bond acceptors (Lipinski definition) is 5. The average molecular weight is 293 g/mol. The van der Waals surface area contributed by atoms with E-state index in [9.17, 15) is 20.0 Å². The molecule has 0 spiro atoms. The molecule has 1 heterocycles. The van der Waals surface area contributed by atoms with Gasteiger partial charge in [-0.05, 0) is 38.1 Å². The van der Waals surface area contributed by atoms with Crippen molar-refractivity contribution in [3.63, 3.8) is 0 Å². The summed E-state index contributed by atoms with van der Waals surface area (Å²) in [5.41, 5.74) is -0.415. The Hall–Kier alpha value is -2.15. The van der Waals surface area contributed by atoms with Crippen molar-refractivity contribution in [3.8, 4) is 5.75 Å². The SMILES string of the molecule is O=C(NCCN1CCCCC1)c1cc(O)ccc1[N+](=O)[O-]. The van der Waals surface area contributed by atoms with Crippen molar-refractivity contribution in [1.29, 1.82) is 0 Å². The molecule has 1 aromatic carbocycles. The van der Waals surface area contributed by atoms with Crippen molar-refractivity contribution >= 4 is 11.6 Å². The molecule has 2 N–H and O–H groups in total. The van der Waals surface area contributed by atoms with Crippen LogP contribution in [0.25, 0.3) is 0 Å². The van der Waals surface area contributed by atoms with Crippen molar-refractivity contribution in [3.05, 3.63) is 33.9 Å². The molecule has 7 heteroatoms. The van der Waals surface area contributed by atoms with E-state index in [1.807, 2.05) is 0 Å². The van der Waals surface area contributed by atoms with Crippen LogP contribution in [-0.2, 0) is 0 Å². The molecule has 0 radical (unpaired) electrons. The quantitative estimate of drug-likeness (QED) is 0.634. The Morgan fingerprint density at radius 2 is 2.05 bits per heavy atom. The summed E-state index contributed by atoms with van der Waals surface area (Å²) in [5.74, 6) is -0.698. The van der Waals surface area contributed by atoms with Crippen LogP contribution in [0.2, 0.25) is 0 Å². The van der Waals surface area contributed by atoms with Crippen LogP contribution in [0, 0.1) is 10.1 Å². The van der Waals surface area contributed by atoms with Crippen molar-refractivity contribution in [2.45, 2.75) is 19.3 Å². The van der Waals surface area contributed by atoms with Gasteiger partial charge in [-0.3, -0.25) is 14.9 Å². The molecule has 0 saturated carbocycles. The fraction of sp³-hybridized carbons (Fsp3) is 0.500. The van der Waals surface area contributed by atoms with Crippen molar-refractivity contribution < 1.29 is 14.8 Å². The van der Waals surface area contributed by atoms with E-state index in [0.29, 0.717) is 6.54 Å². The largest absolute Gasteiger partial charge is 0.508 e. The van der Waals surface area contributed by atoms with Gasteiger partial charge in [0.15, 0.2) is 0 Å². The van der Waals surface area contributed by atoms with Crippen LogP contribution in [0.4, 0.5) is 5.69 Å². The van der Waals surface area contributed by atoms with E-state index in [1.54, 1.807) is 0 Å². The lowest BCUT2D eigenvalue weighted by molar-refractivity contribution is -0.385. The van der Waals surface area contributed by atoms with Gasteiger partial charge < -0.3 is 15.3 Å². The fourth-order valence-corrected chi connectivity index (χ4v) is 2.47. The second-order valence-electron chi connectivity index (χ2n) is 5.12. The number of phenols is 1. The molecule has 2 rings (SSSR count). The molecule has 0 bridgehead atoms. The molecular formula is C14H19N3O4. The Bertz CT molecular complexity index is 527. The minimum Gasteiger partial charge on any atom is -0.508 e. The van der Waals surface area contributed by atoms with E-state index in [-0.39, 0.29) is 17.0 Å². The van der Waals surface area contributed by atoms with Crippen molar-refractivity contribution in [2.24, 2.45) is 0 Å². The fourth-order valence-electron chi connectivity index (χ4n) is 2.47. The molecule has 7 nitrogen and oxygen atoms in total. The number of aromatic hydroxyl groups is 1. The minimum absolute atomic E-state index is 0.112. The number of likely N-dealkylation sites (tertiary alicyclic amines) is 1. The van der Waals surface area contributed by atoms with Gasteiger partial charge in [0.1, 0.15) is 11.3 Å². The number of nitrogens with zero attached hydrogens (tertiary/aromatic N) is 2. The summed E-state index contributed by atoms with van der Waals surface area (Å²) in [4.78, 5) is 24.6. The molecular weight excluding hydrogens is 274 g/mol. The number of rotatable bonds is 5. The van der Waals surface area contributed by atoms with Crippen molar-refractivity contribution in [2.75, 3.05) is 26.2 Å². The number of nitrogens with one attached hydrogen (secondary N) is 1. The van der Waals surface area contributed by atoms with E-state index >= 15 is 0 Å². The molecule has 1 saturated heterocycles. The van der Waals surface area contributed by atoms with E-state index < -0.39 is 10.8 Å². The summed E-state index contributed by atoms with van der Waals surface area (Å²) < 4.78 is 0. The van der Waals surface area contributed by atoms with Gasteiger partial charge in [-0.25, -0.2) is 0 Å². The molecule has 1 aromatic rings. The van der Waals surface area contributed by atoms with Crippen LogP contribution in [0.1, 0.15) is 29.6 Å². The lowest BCUT2D eigenvalue weighted by Crippen LogP contribution is -2.37. The molecule has 0 aliphatic carbocycles. The van der Waals surface area contributed by atoms with E-state index in [1.165, 1.54) is 25.3 Å². The Kier molecular flexibility index (Phi) is 5.10. The number of nitro groups is 1. The highest BCUT2D eigenvalue weighted by Crippen LogP contribution is 2.23. The lowest BCUT2D eigenvalue weighted by atomic mass is 10.1. The molecule has 0 unspecified atom stereocenters. The topological polar surface area (TPSA) is 95.7 Å². The smallest absolute Gasteiger partial charge is 0.282 e. The normalized spacial score (nSPS) is 15.6. The standard InChI is InChI=1S/C14H19N3O4/c18-11-4-5-13(17(20)21)12(10-11)14(19)15-6-9-16-7-2-1-3-8-16/h4-5,10,18H,1-3,6-9H2,(H,15,19). The highest BCUT2D eigenvalue weighted by molar-refractivity contribution is 5.98. The lowest BCUT2D eigenvalue weighted by Gasteiger charge is -2.26. The predicted octanol–water partition coefficient (Wildman–Crippen LogP) is 1.52. The molecule has 1 fully saturated rings. The number of benzene rings is 1. The maximum absolute atomic E-state index is 12.0. The van der Waals surface area contributed by atoms with Crippen LogP contribution >= 0.6 is 0 Å². The second-order valence-corrected chi connectivity index (χ2v) is 5.12. The highest BCUT2D eigenvalue weighted by Gasteiger charge is 2.20. The number of nitro benzene ring substituents is 1. The zero-order valence-corrected chi connectivity index (χ0v) is 11.7. The van der Waals surface area contributed by atoms with E-state index in [4.69, 9.17) is 0 Å². The molecule has 21 heavy (non-hydrogen) atoms. The van der Waals surface area contributed by atoms with Gasteiger partial charge >= 0.3 is 0 Å². The number of piperidine rings is 1. The molecule has 114 valence electrons. The average Bonchev–Trinajstić information content (AvgIpc) is 2.47. The summed E-state index contributed by atoms with van der Waals surface area (Å²) >= 11 is 0. The van der Waals surface area contributed by atoms with Gasteiger partial charge in [-0.1, -0.05) is 6.42 Å². The molecule has 0 atom stereocenters. The Morgan fingerprint density at radius 1 is 1.33 bits per heavy atom. The predicted molar refractivity (Wildman–Crippen MR) is 77.4 cm³/mol. The zero-order chi connectivity index (χ0) is 15.2. The minimum atomic E-state index is -0.626. The van der Waals surface area contributed by atoms with Crippen LogP contribution in [0.3, 0.4) is 0 Å². The summed E-state index contributed by atoms with van der Waals surface area (Å²) in [6, 6.07) is 3.45. The third kappa shape index (κ3) is 4.16. The van der Waals surface area contributed by atoms with Gasteiger partial charge in [0.25, 0.3) is 11.6 Å². The van der Waals surface area contributed by atoms with Crippen LogP contribution in [0.15, 0.2) is 18.2 Å². The molecule has 0 aromatic heterocycles. The monoisotopic (exact) mass is 293 g/mol. The highest BCUT2D eigenvalue weighted by atomic mass is 16.6. The van der Waals surface area contributed by atoms with Crippen molar-refractivity contribution in [1.82, 2.24) is 10.2 Å². The van der Waals surface area contributed by atoms with E-state index in [2.05, 4.69) is 10.2 Å². The van der Waals surface area contributed by atoms with Gasteiger partial charge in [-0.2, -0.15) is 0 Å². The summed E-state index contributed by atoms with van der Waals surface area (Å²) in [6.07, 6.45) is 3.59. The van der Waals surface area contributed by atoms with E-state index in [0.717, 1.165) is 31.8 Å². The van der Waals surface area contributed by atoms with Gasteiger partial charge in [0.2, 0.25) is 0 Å². The maximum Gasteiger partial charge on any atom is 0.282 e. The third-order valence-corrected chi connectivity index (χ3v) is 3.58. The Morgan fingerprint density at radius 3 is 2.71 bits per heavy atom. The molecule has 1 aliphatic heterocycles. The summed E-state index contributed by atoms with van der Waals surface area (Å²) in [6.45, 7) is 3.23. The third-order valence-electron chi connectivity index (χ3n) is 3.58. The van der Waals surface area contributed by atoms with Gasteiger partial charge in [0.05, 0.1) is 4.92 Å². The first-order valence-corrected chi connectivity index (χ1v) is 7.06. The Labute approximate surface area is 122 Å². The van der Waals surface area contributed by atoms with Crippen LogP contribution < -0.4 is 5.32 Å². The first-order chi connectivity index (χ1) is 10.1. The van der Waals surface area contributed by atoms with Crippen LogP contribution in [-0.4, -0.2) is 47.0 Å². The number of hydrogen-bond donors (Lipinski definition) is 2. The number of phenolic OH excluding ortho intramolecular Hbond substituents is 1. The summed E-state index contributed by atoms with van der Waals surface area (Å²) in [7, 11) is 0. The number of amides is 1. The number of carbonyl (C=O) groups is 1. The van der Waals surface area contributed by atoms with Gasteiger partial charge in [0, 0.05) is 19.2 Å². The zero-order valence-electron chi connectivity index (χ0n) is 11.7. The number of carbonyl (C=O) groups excluding carboxylic acids is 1. The van der Waals surface area contributed by atoms with Crippen LogP contribution in [0.5, 0.6) is 5.75 Å². The maximum atomic E-state index is 12.0. The Balaban J connectivity index is 1.93. The summed E-state index contributed by atoms with van der Waals surface area (Å²) in [5, 5.41) is 23.0. The molecule has 1 amide bonds.